The van der Waals surface area contributed by atoms with Crippen molar-refractivity contribution in [2.24, 2.45) is 11.8 Å². The van der Waals surface area contributed by atoms with Crippen molar-refractivity contribution in [1.29, 1.82) is 0 Å². The first-order valence-corrected chi connectivity index (χ1v) is 17.7. The second-order valence-corrected chi connectivity index (χ2v) is 14.9. The fourth-order valence-corrected chi connectivity index (χ4v) is 10.2. The van der Waals surface area contributed by atoms with Crippen molar-refractivity contribution in [2.45, 2.75) is 123 Å². The van der Waals surface area contributed by atoms with Crippen molar-refractivity contribution in [3.05, 3.63) is 48.2 Å². The number of ether oxygens (including phenoxy) is 3. The number of aliphatic hydroxyl groups is 1. The molecule has 6 heteroatoms. The van der Waals surface area contributed by atoms with Gasteiger partial charge < -0.3 is 23.7 Å². The minimum Gasteiger partial charge on any atom is -0.475 e. The van der Waals surface area contributed by atoms with E-state index in [-0.39, 0.29) is 24.7 Å². The van der Waals surface area contributed by atoms with Crippen molar-refractivity contribution in [3.8, 4) is 0 Å². The SMILES string of the molecule is CCCC[Si](CCCC)(CCCC)O[C@H](CCOCc1ccccc1)[C@H](C)[C@@H](O)[C@@H](/C=C/OCOC)CC. The average Bonchev–Trinajstić information content (AvgIpc) is 2.95. The summed E-state index contributed by atoms with van der Waals surface area (Å²) in [4.78, 5) is 0. The second-order valence-electron chi connectivity index (χ2n) is 10.8. The highest BCUT2D eigenvalue weighted by Gasteiger charge is 2.39. The highest BCUT2D eigenvalue weighted by Crippen LogP contribution is 2.35. The smallest absolute Gasteiger partial charge is 0.193 e. The van der Waals surface area contributed by atoms with E-state index >= 15 is 0 Å². The van der Waals surface area contributed by atoms with Gasteiger partial charge >= 0.3 is 0 Å². The Bertz CT molecular complexity index is 677. The first-order chi connectivity index (χ1) is 18.5. The van der Waals surface area contributed by atoms with Crippen LogP contribution in [0.5, 0.6) is 0 Å². The second kappa shape index (κ2) is 21.6. The number of methoxy groups -OCH3 is 1. The zero-order chi connectivity index (χ0) is 28.1. The van der Waals surface area contributed by atoms with E-state index in [9.17, 15) is 5.11 Å². The molecule has 0 aliphatic rings. The van der Waals surface area contributed by atoms with Gasteiger partial charge in [-0.1, -0.05) is 103 Å². The van der Waals surface area contributed by atoms with Gasteiger partial charge in [0, 0.05) is 25.6 Å². The van der Waals surface area contributed by atoms with Gasteiger partial charge in [-0.25, -0.2) is 0 Å². The Morgan fingerprint density at radius 3 is 2.05 bits per heavy atom. The van der Waals surface area contributed by atoms with Gasteiger partial charge in [-0.3, -0.25) is 0 Å². The van der Waals surface area contributed by atoms with Gasteiger partial charge in [0.05, 0.1) is 25.1 Å². The lowest BCUT2D eigenvalue weighted by Crippen LogP contribution is -2.47. The van der Waals surface area contributed by atoms with Gasteiger partial charge in [-0.05, 0) is 42.6 Å². The Hall–Kier alpha value is -1.18. The normalized spacial score (nSPS) is 15.4. The molecule has 1 rings (SSSR count). The number of aliphatic hydroxyl groups excluding tert-OH is 1. The minimum absolute atomic E-state index is 0.00353. The molecule has 0 unspecified atom stereocenters. The maximum Gasteiger partial charge on any atom is 0.193 e. The third kappa shape index (κ3) is 13.7. The van der Waals surface area contributed by atoms with E-state index in [2.05, 4.69) is 46.8 Å². The van der Waals surface area contributed by atoms with Crippen LogP contribution in [0, 0.1) is 11.8 Å². The van der Waals surface area contributed by atoms with Crippen molar-refractivity contribution in [2.75, 3.05) is 20.5 Å². The van der Waals surface area contributed by atoms with Crippen LogP contribution in [0.3, 0.4) is 0 Å². The molecular weight excluding hydrogens is 492 g/mol. The molecule has 0 bridgehead atoms. The molecule has 0 heterocycles. The molecule has 0 fully saturated rings. The molecule has 220 valence electrons. The van der Waals surface area contributed by atoms with Crippen LogP contribution in [0.15, 0.2) is 42.7 Å². The van der Waals surface area contributed by atoms with Crippen molar-refractivity contribution in [1.82, 2.24) is 0 Å². The predicted octanol–water partition coefficient (Wildman–Crippen LogP) is 8.48. The largest absolute Gasteiger partial charge is 0.475 e. The summed E-state index contributed by atoms with van der Waals surface area (Å²) < 4.78 is 23.8. The highest BCUT2D eigenvalue weighted by molar-refractivity contribution is 6.73. The molecule has 0 saturated heterocycles. The van der Waals surface area contributed by atoms with E-state index in [1.54, 1.807) is 13.4 Å². The van der Waals surface area contributed by atoms with E-state index in [1.807, 2.05) is 24.3 Å². The summed E-state index contributed by atoms with van der Waals surface area (Å²) >= 11 is 0. The molecule has 5 nitrogen and oxygen atoms in total. The Kier molecular flexibility index (Phi) is 19.8. The zero-order valence-corrected chi connectivity index (χ0v) is 26.3. The van der Waals surface area contributed by atoms with E-state index in [4.69, 9.17) is 18.6 Å². The molecule has 0 aromatic heterocycles. The molecule has 38 heavy (non-hydrogen) atoms. The van der Waals surface area contributed by atoms with Crippen LogP contribution in [-0.2, 0) is 25.2 Å². The van der Waals surface area contributed by atoms with Crippen LogP contribution in [0.4, 0.5) is 0 Å². The summed E-state index contributed by atoms with van der Waals surface area (Å²) in [5, 5.41) is 11.5. The van der Waals surface area contributed by atoms with Gasteiger partial charge in [-0.15, -0.1) is 0 Å². The standard InChI is InChI=1S/C32H58O5Si/c1-7-11-23-38(24-12-8-2,25-13-9-3)37-31(20-22-35-26-29-17-15-14-16-18-29)28(5)32(33)30(10-4)19-21-36-27-34-6/h14-19,21,28,30-33H,7-13,20,22-27H2,1-6H3/b21-19+/t28-,30+,31+,32+/m0/s1. The van der Waals surface area contributed by atoms with Crippen LogP contribution in [0.25, 0.3) is 0 Å². The fraction of sp³-hybridized carbons (Fsp3) is 0.750. The molecule has 1 N–H and O–H groups in total. The first kappa shape index (κ1) is 34.8. The van der Waals surface area contributed by atoms with E-state index < -0.39 is 14.4 Å². The van der Waals surface area contributed by atoms with E-state index in [0.29, 0.717) is 13.2 Å². The minimum atomic E-state index is -1.96. The Labute approximate surface area is 235 Å². The average molecular weight is 551 g/mol. The molecule has 0 aliphatic carbocycles. The number of hydrogen-bond donors (Lipinski definition) is 1. The Morgan fingerprint density at radius 1 is 0.921 bits per heavy atom. The van der Waals surface area contributed by atoms with Crippen molar-refractivity contribution >= 4 is 8.32 Å². The summed E-state index contributed by atoms with van der Waals surface area (Å²) in [6, 6.07) is 14.0. The lowest BCUT2D eigenvalue weighted by molar-refractivity contribution is -0.0134. The fourth-order valence-electron chi connectivity index (χ4n) is 5.13. The van der Waals surface area contributed by atoms with Crippen LogP contribution >= 0.6 is 0 Å². The van der Waals surface area contributed by atoms with E-state index in [0.717, 1.165) is 12.8 Å². The van der Waals surface area contributed by atoms with Crippen molar-refractivity contribution < 1.29 is 23.7 Å². The lowest BCUT2D eigenvalue weighted by atomic mass is 9.86. The van der Waals surface area contributed by atoms with Crippen LogP contribution < -0.4 is 0 Å². The molecule has 0 saturated carbocycles. The number of rotatable bonds is 24. The lowest BCUT2D eigenvalue weighted by Gasteiger charge is -2.40. The Balaban J connectivity index is 3.10. The van der Waals surface area contributed by atoms with Gasteiger partial charge in [0.1, 0.15) is 0 Å². The maximum absolute atomic E-state index is 11.5. The number of benzene rings is 1. The van der Waals surface area contributed by atoms with E-state index in [1.165, 1.54) is 62.2 Å². The third-order valence-electron chi connectivity index (χ3n) is 7.66. The molecule has 0 aliphatic heterocycles. The number of hydrogen-bond acceptors (Lipinski definition) is 5. The molecule has 0 radical (unpaired) electrons. The van der Waals surface area contributed by atoms with Crippen LogP contribution in [0.1, 0.15) is 91.5 Å². The maximum atomic E-state index is 11.5. The molecule has 1 aromatic carbocycles. The predicted molar refractivity (Wildman–Crippen MR) is 162 cm³/mol. The summed E-state index contributed by atoms with van der Waals surface area (Å²) in [6.45, 7) is 12.6. The Morgan fingerprint density at radius 2 is 1.53 bits per heavy atom. The summed E-state index contributed by atoms with van der Waals surface area (Å²) in [6.07, 6.45) is 12.0. The highest BCUT2D eigenvalue weighted by atomic mass is 28.4. The van der Waals surface area contributed by atoms with Gasteiger partial charge in [-0.2, -0.15) is 0 Å². The zero-order valence-electron chi connectivity index (χ0n) is 25.3. The summed E-state index contributed by atoms with van der Waals surface area (Å²) in [5.41, 5.74) is 1.18. The number of unbranched alkanes of at least 4 members (excludes halogenated alkanes) is 3. The summed E-state index contributed by atoms with van der Waals surface area (Å²) in [5.74, 6) is -0.0136. The van der Waals surface area contributed by atoms with Crippen LogP contribution in [0.2, 0.25) is 18.1 Å². The van der Waals surface area contributed by atoms with Gasteiger partial charge in [0.2, 0.25) is 0 Å². The third-order valence-corrected chi connectivity index (χ3v) is 12.3. The first-order valence-electron chi connectivity index (χ1n) is 15.2. The molecular formula is C32H58O5Si. The molecule has 1 aromatic rings. The van der Waals surface area contributed by atoms with Gasteiger partial charge in [0.15, 0.2) is 15.1 Å². The monoisotopic (exact) mass is 550 g/mol. The van der Waals surface area contributed by atoms with Crippen LogP contribution in [-0.4, -0.2) is 46.1 Å². The molecule has 0 spiro atoms. The summed E-state index contributed by atoms with van der Waals surface area (Å²) in [7, 11) is -0.354. The molecule has 0 amide bonds. The van der Waals surface area contributed by atoms with Gasteiger partial charge in [0.25, 0.3) is 0 Å². The molecule has 4 atom stereocenters. The van der Waals surface area contributed by atoms with Crippen molar-refractivity contribution in [3.63, 3.8) is 0 Å². The quantitative estimate of drug-likeness (QED) is 0.0605. The topological polar surface area (TPSA) is 57.2 Å².